The summed E-state index contributed by atoms with van der Waals surface area (Å²) < 4.78 is 5.30. The van der Waals surface area contributed by atoms with Crippen LogP contribution in [0.5, 0.6) is 0 Å². The molecular weight excluding hydrogens is 158 g/mol. The second-order valence-electron chi connectivity index (χ2n) is 3.56. The second kappa shape index (κ2) is 3.41. The molecule has 0 radical (unpaired) electrons. The molecule has 0 spiro atoms. The third kappa shape index (κ3) is 2.19. The van der Waals surface area contributed by atoms with Gasteiger partial charge in [0.15, 0.2) is 0 Å². The fourth-order valence-electron chi connectivity index (χ4n) is 1.37. The monoisotopic (exact) mass is 173 g/mol. The highest BCUT2D eigenvalue weighted by molar-refractivity contribution is 5.77. The molecule has 0 aromatic heterocycles. The number of aliphatic carboxylic acids is 1. The van der Waals surface area contributed by atoms with Gasteiger partial charge in [-0.2, -0.15) is 0 Å². The molecule has 70 valence electrons. The molecule has 2 atom stereocenters. The molecule has 0 saturated carbocycles. The van der Waals surface area contributed by atoms with E-state index >= 15 is 0 Å². The topological polar surface area (TPSA) is 72.5 Å². The average molecular weight is 173 g/mol. The SMILES string of the molecule is CC(N)(CC1CCCO1)C(=O)O. The van der Waals surface area contributed by atoms with Crippen LogP contribution in [0.15, 0.2) is 0 Å². The van der Waals surface area contributed by atoms with Gasteiger partial charge in [0.2, 0.25) is 0 Å². The van der Waals surface area contributed by atoms with Crippen LogP contribution in [-0.2, 0) is 9.53 Å². The standard InChI is InChI=1S/C8H15NO3/c1-8(9,7(10)11)5-6-3-2-4-12-6/h6H,2-5,9H2,1H3,(H,10,11). The van der Waals surface area contributed by atoms with Crippen LogP contribution in [0.4, 0.5) is 0 Å². The lowest BCUT2D eigenvalue weighted by molar-refractivity contribution is -0.143. The van der Waals surface area contributed by atoms with E-state index in [0.29, 0.717) is 6.42 Å². The number of carboxylic acids is 1. The molecule has 0 aliphatic carbocycles. The molecule has 2 unspecified atom stereocenters. The van der Waals surface area contributed by atoms with Crippen LogP contribution in [-0.4, -0.2) is 29.3 Å². The molecule has 1 aliphatic heterocycles. The van der Waals surface area contributed by atoms with Gasteiger partial charge in [-0.05, 0) is 19.8 Å². The van der Waals surface area contributed by atoms with Crippen LogP contribution in [0.3, 0.4) is 0 Å². The lowest BCUT2D eigenvalue weighted by Gasteiger charge is -2.22. The van der Waals surface area contributed by atoms with Crippen molar-refractivity contribution in [1.29, 1.82) is 0 Å². The highest BCUT2D eigenvalue weighted by Gasteiger charge is 2.32. The predicted molar refractivity (Wildman–Crippen MR) is 43.8 cm³/mol. The zero-order chi connectivity index (χ0) is 9.19. The molecule has 1 aliphatic rings. The maximum absolute atomic E-state index is 10.6. The van der Waals surface area contributed by atoms with Crippen LogP contribution in [0.25, 0.3) is 0 Å². The summed E-state index contributed by atoms with van der Waals surface area (Å²) in [6.45, 7) is 2.26. The van der Waals surface area contributed by atoms with E-state index in [9.17, 15) is 4.79 Å². The van der Waals surface area contributed by atoms with E-state index in [-0.39, 0.29) is 6.10 Å². The average Bonchev–Trinajstić information content (AvgIpc) is 2.38. The first-order chi connectivity index (χ1) is 5.52. The van der Waals surface area contributed by atoms with E-state index in [2.05, 4.69) is 0 Å². The highest BCUT2D eigenvalue weighted by Crippen LogP contribution is 2.20. The molecule has 3 N–H and O–H groups in total. The lowest BCUT2D eigenvalue weighted by Crippen LogP contribution is -2.47. The van der Waals surface area contributed by atoms with Crippen molar-refractivity contribution in [2.24, 2.45) is 5.73 Å². The van der Waals surface area contributed by atoms with E-state index in [1.807, 2.05) is 0 Å². The molecule has 1 heterocycles. The van der Waals surface area contributed by atoms with Crippen LogP contribution in [0, 0.1) is 0 Å². The molecular formula is C8H15NO3. The van der Waals surface area contributed by atoms with Gasteiger partial charge in [-0.15, -0.1) is 0 Å². The first-order valence-corrected chi connectivity index (χ1v) is 4.16. The van der Waals surface area contributed by atoms with Crippen molar-refractivity contribution in [2.45, 2.75) is 37.8 Å². The van der Waals surface area contributed by atoms with Crippen LogP contribution in [0.2, 0.25) is 0 Å². The molecule has 0 amide bonds. The molecule has 0 aromatic carbocycles. The van der Waals surface area contributed by atoms with Gasteiger partial charge >= 0.3 is 5.97 Å². The number of ether oxygens (including phenoxy) is 1. The minimum absolute atomic E-state index is 0.0381. The minimum atomic E-state index is -1.14. The Labute approximate surface area is 71.7 Å². The first-order valence-electron chi connectivity index (χ1n) is 4.16. The normalized spacial score (nSPS) is 28.3. The van der Waals surface area contributed by atoms with Crippen molar-refractivity contribution in [3.8, 4) is 0 Å². The lowest BCUT2D eigenvalue weighted by atomic mass is 9.95. The number of hydrogen-bond donors (Lipinski definition) is 2. The van der Waals surface area contributed by atoms with Crippen LogP contribution in [0.1, 0.15) is 26.2 Å². The van der Waals surface area contributed by atoms with E-state index in [1.54, 1.807) is 0 Å². The Morgan fingerprint density at radius 1 is 1.83 bits per heavy atom. The van der Waals surface area contributed by atoms with Crippen LogP contribution < -0.4 is 5.73 Å². The summed E-state index contributed by atoms with van der Waals surface area (Å²) in [5.74, 6) is -0.960. The molecule has 4 heteroatoms. The third-order valence-electron chi connectivity index (χ3n) is 2.16. The Morgan fingerprint density at radius 2 is 2.50 bits per heavy atom. The minimum Gasteiger partial charge on any atom is -0.480 e. The van der Waals surface area contributed by atoms with E-state index in [4.69, 9.17) is 15.6 Å². The zero-order valence-electron chi connectivity index (χ0n) is 7.25. The van der Waals surface area contributed by atoms with Gasteiger partial charge in [0.25, 0.3) is 0 Å². The van der Waals surface area contributed by atoms with Crippen molar-refractivity contribution >= 4 is 5.97 Å². The smallest absolute Gasteiger partial charge is 0.323 e. The van der Waals surface area contributed by atoms with E-state index in [1.165, 1.54) is 6.92 Å². The molecule has 12 heavy (non-hydrogen) atoms. The highest BCUT2D eigenvalue weighted by atomic mass is 16.5. The molecule has 4 nitrogen and oxygen atoms in total. The van der Waals surface area contributed by atoms with Gasteiger partial charge in [0.1, 0.15) is 5.54 Å². The first kappa shape index (κ1) is 9.48. The molecule has 1 rings (SSSR count). The predicted octanol–water partition coefficient (Wildman–Crippen LogP) is 0.357. The Hall–Kier alpha value is -0.610. The van der Waals surface area contributed by atoms with E-state index in [0.717, 1.165) is 19.4 Å². The largest absolute Gasteiger partial charge is 0.480 e. The quantitative estimate of drug-likeness (QED) is 0.646. The third-order valence-corrected chi connectivity index (χ3v) is 2.16. The molecule has 1 saturated heterocycles. The number of hydrogen-bond acceptors (Lipinski definition) is 3. The number of rotatable bonds is 3. The Balaban J connectivity index is 2.42. The summed E-state index contributed by atoms with van der Waals surface area (Å²) in [5.41, 5.74) is 4.42. The fourth-order valence-corrected chi connectivity index (χ4v) is 1.37. The van der Waals surface area contributed by atoms with Crippen molar-refractivity contribution in [3.05, 3.63) is 0 Å². The van der Waals surface area contributed by atoms with Crippen molar-refractivity contribution in [3.63, 3.8) is 0 Å². The summed E-state index contributed by atoms with van der Waals surface area (Å²) in [6.07, 6.45) is 2.39. The number of carboxylic acid groups (broad SMARTS) is 1. The maximum Gasteiger partial charge on any atom is 0.323 e. The fraction of sp³-hybridized carbons (Fsp3) is 0.875. The summed E-state index contributed by atoms with van der Waals surface area (Å²) >= 11 is 0. The summed E-state index contributed by atoms with van der Waals surface area (Å²) in [7, 11) is 0. The van der Waals surface area contributed by atoms with E-state index < -0.39 is 11.5 Å². The molecule has 0 aromatic rings. The zero-order valence-corrected chi connectivity index (χ0v) is 7.25. The Morgan fingerprint density at radius 3 is 2.92 bits per heavy atom. The van der Waals surface area contributed by atoms with Gasteiger partial charge < -0.3 is 15.6 Å². The number of nitrogens with two attached hydrogens (primary N) is 1. The Kier molecular flexibility index (Phi) is 2.69. The Bertz CT molecular complexity index is 173. The van der Waals surface area contributed by atoms with Gasteiger partial charge in [-0.25, -0.2) is 0 Å². The van der Waals surface area contributed by atoms with Gasteiger partial charge in [-0.3, -0.25) is 4.79 Å². The summed E-state index contributed by atoms with van der Waals surface area (Å²) in [6, 6.07) is 0. The van der Waals surface area contributed by atoms with Gasteiger partial charge in [0.05, 0.1) is 6.10 Å². The maximum atomic E-state index is 10.6. The van der Waals surface area contributed by atoms with Gasteiger partial charge in [0, 0.05) is 13.0 Å². The molecule has 0 bridgehead atoms. The summed E-state index contributed by atoms with van der Waals surface area (Å²) in [5, 5.41) is 8.72. The summed E-state index contributed by atoms with van der Waals surface area (Å²) in [4.78, 5) is 10.6. The van der Waals surface area contributed by atoms with Crippen molar-refractivity contribution in [1.82, 2.24) is 0 Å². The van der Waals surface area contributed by atoms with Crippen molar-refractivity contribution < 1.29 is 14.6 Å². The number of carbonyl (C=O) groups is 1. The second-order valence-corrected chi connectivity index (χ2v) is 3.56. The molecule has 1 fully saturated rings. The van der Waals surface area contributed by atoms with Gasteiger partial charge in [-0.1, -0.05) is 0 Å². The van der Waals surface area contributed by atoms with Crippen LogP contribution >= 0.6 is 0 Å². The van der Waals surface area contributed by atoms with Crippen molar-refractivity contribution in [2.75, 3.05) is 6.61 Å².